The van der Waals surface area contributed by atoms with Gasteiger partial charge in [0, 0.05) is 18.0 Å². The second-order valence-electron chi connectivity index (χ2n) is 6.45. The Balaban J connectivity index is 1.60. The maximum Gasteiger partial charge on any atom is 0.316 e. The first-order valence-electron chi connectivity index (χ1n) is 7.74. The Kier molecular flexibility index (Phi) is 4.23. The SMILES string of the molecule is C=CCn1c(N)cc(=O)nc1SCC(=O)O[C@@H]1C[C@@H]2CC[C@]21C. The van der Waals surface area contributed by atoms with Crippen LogP contribution in [0.4, 0.5) is 5.82 Å². The fraction of sp³-hybridized carbons (Fsp3) is 0.562. The van der Waals surface area contributed by atoms with Crippen LogP contribution in [0.5, 0.6) is 0 Å². The number of ether oxygens (including phenoxy) is 1. The van der Waals surface area contributed by atoms with E-state index in [1.54, 1.807) is 10.6 Å². The fourth-order valence-electron chi connectivity index (χ4n) is 3.41. The van der Waals surface area contributed by atoms with Crippen molar-refractivity contribution in [2.24, 2.45) is 11.3 Å². The number of nitrogens with zero attached hydrogens (tertiary/aromatic N) is 2. The maximum atomic E-state index is 12.1. The molecule has 7 heteroatoms. The Hall–Kier alpha value is -1.76. The smallest absolute Gasteiger partial charge is 0.316 e. The minimum absolute atomic E-state index is 0.0403. The molecular formula is C16H21N3O3S. The molecule has 0 saturated heterocycles. The highest BCUT2D eigenvalue weighted by Gasteiger charge is 2.59. The average molecular weight is 335 g/mol. The van der Waals surface area contributed by atoms with E-state index in [-0.39, 0.29) is 23.2 Å². The molecule has 3 atom stereocenters. The number of carbonyl (C=O) groups is 1. The number of nitrogen functional groups attached to an aromatic ring is 1. The van der Waals surface area contributed by atoms with Crippen LogP contribution in [0, 0.1) is 11.3 Å². The van der Waals surface area contributed by atoms with Crippen LogP contribution in [0.25, 0.3) is 0 Å². The molecule has 1 aromatic heterocycles. The van der Waals surface area contributed by atoms with E-state index >= 15 is 0 Å². The van der Waals surface area contributed by atoms with Gasteiger partial charge in [-0.15, -0.1) is 6.58 Å². The molecule has 23 heavy (non-hydrogen) atoms. The molecule has 0 radical (unpaired) electrons. The number of hydrogen-bond acceptors (Lipinski definition) is 6. The van der Waals surface area contributed by atoms with Gasteiger partial charge in [0.05, 0.1) is 5.75 Å². The molecule has 2 saturated carbocycles. The zero-order chi connectivity index (χ0) is 16.6. The summed E-state index contributed by atoms with van der Waals surface area (Å²) in [6.45, 7) is 6.28. The number of aromatic nitrogens is 2. The van der Waals surface area contributed by atoms with Gasteiger partial charge in [0.1, 0.15) is 11.9 Å². The lowest BCUT2D eigenvalue weighted by molar-refractivity contribution is -0.205. The van der Waals surface area contributed by atoms with Crippen molar-refractivity contribution in [3.8, 4) is 0 Å². The summed E-state index contributed by atoms with van der Waals surface area (Å²) in [6.07, 6.45) is 5.07. The number of thioether (sulfide) groups is 1. The predicted octanol–water partition coefficient (Wildman–Crippen LogP) is 1.84. The summed E-state index contributed by atoms with van der Waals surface area (Å²) in [5.74, 6) is 0.879. The van der Waals surface area contributed by atoms with E-state index in [4.69, 9.17) is 10.5 Å². The van der Waals surface area contributed by atoms with Gasteiger partial charge in [-0.2, -0.15) is 4.98 Å². The first kappa shape index (κ1) is 16.1. The van der Waals surface area contributed by atoms with E-state index < -0.39 is 5.56 Å². The summed E-state index contributed by atoms with van der Waals surface area (Å²) < 4.78 is 7.23. The summed E-state index contributed by atoms with van der Waals surface area (Å²) in [6, 6.07) is 1.26. The van der Waals surface area contributed by atoms with Crippen LogP contribution >= 0.6 is 11.8 Å². The standard InChI is InChI=1S/C16H21N3O3S/c1-3-6-19-12(17)8-13(20)18-15(19)23-9-14(21)22-11-7-10-4-5-16(10,11)2/h3,8,10-11H,1,4-7,9,17H2,2H3/t10-,11+,16+/m0/s1. The Morgan fingerprint density at radius 2 is 2.48 bits per heavy atom. The van der Waals surface area contributed by atoms with E-state index in [2.05, 4.69) is 18.5 Å². The fourth-order valence-corrected chi connectivity index (χ4v) is 4.21. The van der Waals surface area contributed by atoms with Gasteiger partial charge in [-0.25, -0.2) is 0 Å². The number of allylic oxidation sites excluding steroid dienone is 1. The molecule has 6 nitrogen and oxygen atoms in total. The lowest BCUT2D eigenvalue weighted by Gasteiger charge is -2.61. The molecule has 124 valence electrons. The summed E-state index contributed by atoms with van der Waals surface area (Å²) in [7, 11) is 0. The van der Waals surface area contributed by atoms with Crippen molar-refractivity contribution in [3.63, 3.8) is 0 Å². The van der Waals surface area contributed by atoms with Crippen molar-refractivity contribution >= 4 is 23.5 Å². The van der Waals surface area contributed by atoms with Gasteiger partial charge in [0.15, 0.2) is 5.16 Å². The van der Waals surface area contributed by atoms with Gasteiger partial charge in [0.2, 0.25) is 0 Å². The van der Waals surface area contributed by atoms with Crippen LogP contribution in [0.2, 0.25) is 0 Å². The number of nitrogens with two attached hydrogens (primary N) is 1. The van der Waals surface area contributed by atoms with Gasteiger partial charge >= 0.3 is 5.97 Å². The Morgan fingerprint density at radius 1 is 1.70 bits per heavy atom. The molecule has 2 aliphatic carbocycles. The second-order valence-corrected chi connectivity index (χ2v) is 7.39. The van der Waals surface area contributed by atoms with Gasteiger partial charge < -0.3 is 15.0 Å². The summed E-state index contributed by atoms with van der Waals surface area (Å²) in [5.41, 5.74) is 5.61. The van der Waals surface area contributed by atoms with E-state index in [1.807, 2.05) is 0 Å². The van der Waals surface area contributed by atoms with E-state index in [0.717, 1.165) is 18.8 Å². The first-order chi connectivity index (χ1) is 10.9. The molecule has 2 fully saturated rings. The second kappa shape index (κ2) is 6.03. The molecular weight excluding hydrogens is 314 g/mol. The lowest BCUT2D eigenvalue weighted by Crippen LogP contribution is -2.59. The average Bonchev–Trinajstić information content (AvgIpc) is 2.50. The molecule has 1 aromatic rings. The van der Waals surface area contributed by atoms with E-state index in [0.29, 0.717) is 17.5 Å². The zero-order valence-corrected chi connectivity index (χ0v) is 14.0. The number of hydrogen-bond donors (Lipinski definition) is 1. The third-order valence-electron chi connectivity index (χ3n) is 5.12. The third-order valence-corrected chi connectivity index (χ3v) is 6.07. The van der Waals surface area contributed by atoms with Crippen molar-refractivity contribution in [2.75, 3.05) is 11.5 Å². The van der Waals surface area contributed by atoms with E-state index in [1.165, 1.54) is 24.2 Å². The molecule has 1 heterocycles. The summed E-state index contributed by atoms with van der Waals surface area (Å²) >= 11 is 1.17. The van der Waals surface area contributed by atoms with Crippen molar-refractivity contribution in [1.82, 2.24) is 9.55 Å². The third kappa shape index (κ3) is 2.89. The topological polar surface area (TPSA) is 87.2 Å². The molecule has 2 N–H and O–H groups in total. The molecule has 2 aliphatic rings. The lowest BCUT2D eigenvalue weighted by atomic mass is 9.47. The van der Waals surface area contributed by atoms with Crippen LogP contribution in [-0.2, 0) is 16.1 Å². The van der Waals surface area contributed by atoms with Crippen LogP contribution in [0.1, 0.15) is 26.2 Å². The van der Waals surface area contributed by atoms with E-state index in [9.17, 15) is 9.59 Å². The monoisotopic (exact) mass is 335 g/mol. The van der Waals surface area contributed by atoms with Crippen LogP contribution in [-0.4, -0.2) is 27.4 Å². The summed E-state index contributed by atoms with van der Waals surface area (Å²) in [5, 5.41) is 0.410. The molecule has 0 aromatic carbocycles. The number of fused-ring (bicyclic) bond motifs is 1. The highest BCUT2D eigenvalue weighted by molar-refractivity contribution is 7.99. The minimum Gasteiger partial charge on any atom is -0.461 e. The number of anilines is 1. The highest BCUT2D eigenvalue weighted by Crippen LogP contribution is 2.61. The summed E-state index contributed by atoms with van der Waals surface area (Å²) in [4.78, 5) is 27.5. The van der Waals surface area contributed by atoms with Crippen molar-refractivity contribution in [2.45, 2.75) is 44.0 Å². The zero-order valence-electron chi connectivity index (χ0n) is 13.2. The van der Waals surface area contributed by atoms with Crippen molar-refractivity contribution in [1.29, 1.82) is 0 Å². The highest BCUT2D eigenvalue weighted by atomic mass is 32.2. The molecule has 0 aliphatic heterocycles. The molecule has 0 spiro atoms. The normalized spacial score (nSPS) is 28.2. The number of rotatable bonds is 6. The predicted molar refractivity (Wildman–Crippen MR) is 89.2 cm³/mol. The maximum absolute atomic E-state index is 12.1. The molecule has 0 unspecified atom stereocenters. The molecule has 0 bridgehead atoms. The number of carbonyl (C=O) groups excluding carboxylic acids is 1. The van der Waals surface area contributed by atoms with Crippen molar-refractivity contribution < 1.29 is 9.53 Å². The van der Waals surface area contributed by atoms with Crippen LogP contribution < -0.4 is 11.3 Å². The van der Waals surface area contributed by atoms with Gasteiger partial charge in [-0.1, -0.05) is 24.8 Å². The van der Waals surface area contributed by atoms with Gasteiger partial charge in [-0.3, -0.25) is 9.59 Å². The number of esters is 1. The minimum atomic E-state index is -0.414. The molecule has 0 amide bonds. The Labute approximate surface area is 139 Å². The largest absolute Gasteiger partial charge is 0.461 e. The first-order valence-corrected chi connectivity index (χ1v) is 8.73. The van der Waals surface area contributed by atoms with Gasteiger partial charge in [0.25, 0.3) is 5.56 Å². The van der Waals surface area contributed by atoms with Crippen LogP contribution in [0.15, 0.2) is 28.7 Å². The Morgan fingerprint density at radius 3 is 3.04 bits per heavy atom. The molecule has 3 rings (SSSR count). The van der Waals surface area contributed by atoms with Crippen molar-refractivity contribution in [3.05, 3.63) is 29.1 Å². The van der Waals surface area contributed by atoms with Crippen LogP contribution in [0.3, 0.4) is 0 Å². The Bertz CT molecular complexity index is 702. The quantitative estimate of drug-likeness (QED) is 0.369. The van der Waals surface area contributed by atoms with Gasteiger partial charge in [-0.05, 0) is 25.2 Å².